The monoisotopic (exact) mass is 610 g/mol. The van der Waals surface area contributed by atoms with Crippen LogP contribution in [0.1, 0.15) is 34.8 Å². The summed E-state index contributed by atoms with van der Waals surface area (Å²) in [6.07, 6.45) is 4.38. The van der Waals surface area contributed by atoms with Gasteiger partial charge in [0.25, 0.3) is 5.91 Å². The third-order valence-electron chi connectivity index (χ3n) is 8.47. The Morgan fingerprint density at radius 1 is 1.09 bits per heavy atom. The number of amides is 2. The number of carbonyl (C=O) groups excluding carboxylic acids is 2. The first-order chi connectivity index (χ1) is 22.0. The van der Waals surface area contributed by atoms with E-state index in [-0.39, 0.29) is 30.5 Å². The van der Waals surface area contributed by atoms with E-state index in [2.05, 4.69) is 26.8 Å². The summed E-state index contributed by atoms with van der Waals surface area (Å²) in [5.41, 5.74) is 10.2. The molecule has 2 saturated heterocycles. The average molecular weight is 611 g/mol. The molecule has 0 radical (unpaired) electrons. The van der Waals surface area contributed by atoms with E-state index >= 15 is 0 Å². The summed E-state index contributed by atoms with van der Waals surface area (Å²) < 4.78 is 19.1. The number of carbonyl (C=O) groups is 2. The van der Waals surface area contributed by atoms with Crippen molar-refractivity contribution in [3.63, 3.8) is 0 Å². The van der Waals surface area contributed by atoms with Crippen molar-refractivity contribution in [2.24, 2.45) is 0 Å². The molecule has 3 aliphatic rings. The van der Waals surface area contributed by atoms with E-state index in [1.165, 1.54) is 12.4 Å². The maximum atomic E-state index is 13.4. The third-order valence-corrected chi connectivity index (χ3v) is 8.47. The lowest BCUT2D eigenvalue weighted by Gasteiger charge is -2.32. The van der Waals surface area contributed by atoms with Crippen LogP contribution in [0.5, 0.6) is 11.5 Å². The van der Waals surface area contributed by atoms with Crippen LogP contribution >= 0.6 is 0 Å². The van der Waals surface area contributed by atoms with Crippen molar-refractivity contribution in [1.29, 1.82) is 0 Å². The molecule has 13 nitrogen and oxygen atoms in total. The number of morpholine rings is 1. The lowest BCUT2D eigenvalue weighted by Crippen LogP contribution is -2.40. The fraction of sp³-hybridized carbons (Fsp3) is 0.344. The first kappa shape index (κ1) is 28.7. The van der Waals surface area contributed by atoms with Crippen molar-refractivity contribution >= 4 is 34.4 Å². The summed E-state index contributed by atoms with van der Waals surface area (Å²) in [5.74, 6) is 0.751. The van der Waals surface area contributed by atoms with E-state index in [1.54, 1.807) is 17.0 Å². The second-order valence-corrected chi connectivity index (χ2v) is 11.3. The van der Waals surface area contributed by atoms with Gasteiger partial charge in [0.15, 0.2) is 17.1 Å². The summed E-state index contributed by atoms with van der Waals surface area (Å²) >= 11 is 0. The Balaban J connectivity index is 1.19. The molecule has 2 amide bonds. The Morgan fingerprint density at radius 3 is 2.78 bits per heavy atom. The highest BCUT2D eigenvalue weighted by molar-refractivity contribution is 6.06. The van der Waals surface area contributed by atoms with Crippen LogP contribution in [0.25, 0.3) is 22.3 Å². The summed E-state index contributed by atoms with van der Waals surface area (Å²) in [6.45, 7) is 8.67. The van der Waals surface area contributed by atoms with Crippen LogP contribution < -0.4 is 20.5 Å². The zero-order chi connectivity index (χ0) is 30.9. The summed E-state index contributed by atoms with van der Waals surface area (Å²) in [4.78, 5) is 38.6. The first-order valence-corrected chi connectivity index (χ1v) is 15.0. The average Bonchev–Trinajstić information content (AvgIpc) is 3.72. The number of likely N-dealkylation sites (tertiary alicyclic amines) is 1. The zero-order valence-electron chi connectivity index (χ0n) is 24.8. The van der Waals surface area contributed by atoms with Crippen LogP contribution in [0.4, 0.5) is 11.5 Å². The molecule has 2 aromatic carbocycles. The van der Waals surface area contributed by atoms with Crippen molar-refractivity contribution in [2.75, 3.05) is 57.2 Å². The third kappa shape index (κ3) is 5.56. The molecular weight excluding hydrogens is 576 g/mol. The van der Waals surface area contributed by atoms with Crippen LogP contribution in [-0.2, 0) is 16.1 Å². The largest absolute Gasteiger partial charge is 0.453 e. The second kappa shape index (κ2) is 12.2. The van der Waals surface area contributed by atoms with Crippen LogP contribution in [0.3, 0.4) is 0 Å². The number of nitrogens with zero attached hydrogens (tertiary/aromatic N) is 6. The molecule has 3 N–H and O–H groups in total. The summed E-state index contributed by atoms with van der Waals surface area (Å²) in [6, 6.07) is 11.1. The highest BCUT2D eigenvalue weighted by Crippen LogP contribution is 2.48. The van der Waals surface area contributed by atoms with Crippen molar-refractivity contribution in [2.45, 2.75) is 25.4 Å². The standard InChI is InChI=1S/C32H34N8O5/c1-2-25(41)39-10-4-7-22(17-39)40-31-26(30(33)34-18-35-31)27(37-40)23-8-9-24(29-28(23)44-19-45-29)36-32(42)21-6-3-5-20(15-21)16-38-11-13-43-14-12-38/h2-3,5-6,8-9,15,18,22H,1,4,7,10-14,16-17,19H2,(H,36,42)(H2,33,34,35)/t22-/m1/s1. The Labute approximate surface area is 259 Å². The molecule has 0 spiro atoms. The number of hydrogen-bond donors (Lipinski definition) is 2. The lowest BCUT2D eigenvalue weighted by atomic mass is 10.1. The smallest absolute Gasteiger partial charge is 0.255 e. The van der Waals surface area contributed by atoms with Gasteiger partial charge >= 0.3 is 0 Å². The molecule has 5 heterocycles. The Bertz CT molecular complexity index is 1780. The Hall–Kier alpha value is -5.01. The minimum absolute atomic E-state index is 0.0177. The van der Waals surface area contributed by atoms with Gasteiger partial charge in [-0.25, -0.2) is 14.6 Å². The number of aromatic nitrogens is 4. The SMILES string of the molecule is C=CC(=O)N1CCC[C@@H](n2nc(-c3ccc(NC(=O)c4cccc(CN5CCOCC5)c4)c4c3OCO4)c3c(N)ncnc32)C1. The van der Waals surface area contributed by atoms with E-state index in [9.17, 15) is 9.59 Å². The van der Waals surface area contributed by atoms with E-state index in [1.807, 2.05) is 28.9 Å². The van der Waals surface area contributed by atoms with Gasteiger partial charge in [-0.15, -0.1) is 0 Å². The molecule has 0 aliphatic carbocycles. The highest BCUT2D eigenvalue weighted by atomic mass is 16.7. The van der Waals surface area contributed by atoms with Gasteiger partial charge in [0.05, 0.1) is 30.3 Å². The number of hydrogen-bond acceptors (Lipinski definition) is 10. The molecular formula is C32H34N8O5. The molecule has 7 rings (SSSR count). The van der Waals surface area contributed by atoms with Crippen LogP contribution in [0, 0.1) is 0 Å². The Morgan fingerprint density at radius 2 is 1.93 bits per heavy atom. The minimum atomic E-state index is -0.257. The second-order valence-electron chi connectivity index (χ2n) is 11.3. The van der Waals surface area contributed by atoms with Crippen molar-refractivity contribution in [3.05, 3.63) is 66.5 Å². The quantitative estimate of drug-likeness (QED) is 0.299. The lowest BCUT2D eigenvalue weighted by molar-refractivity contribution is -0.127. The number of rotatable bonds is 7. The van der Waals surface area contributed by atoms with Gasteiger partial charge < -0.3 is 30.2 Å². The zero-order valence-corrected chi connectivity index (χ0v) is 24.8. The van der Waals surface area contributed by atoms with Gasteiger partial charge in [0, 0.05) is 43.9 Å². The molecule has 3 aliphatic heterocycles. The number of fused-ring (bicyclic) bond motifs is 2. The number of nitrogens with two attached hydrogens (primary N) is 1. The summed E-state index contributed by atoms with van der Waals surface area (Å²) in [7, 11) is 0. The van der Waals surface area contributed by atoms with Gasteiger partial charge in [-0.2, -0.15) is 5.10 Å². The number of benzene rings is 2. The van der Waals surface area contributed by atoms with Crippen molar-refractivity contribution in [3.8, 4) is 22.8 Å². The van der Waals surface area contributed by atoms with E-state index in [4.69, 9.17) is 25.0 Å². The molecule has 2 aromatic heterocycles. The molecule has 0 saturated carbocycles. The molecule has 13 heteroatoms. The van der Waals surface area contributed by atoms with E-state index in [0.717, 1.165) is 51.3 Å². The predicted molar refractivity (Wildman–Crippen MR) is 167 cm³/mol. The normalized spacial score (nSPS) is 18.2. The van der Waals surface area contributed by atoms with Gasteiger partial charge in [0.1, 0.15) is 17.8 Å². The maximum absolute atomic E-state index is 13.4. The molecule has 2 fully saturated rings. The molecule has 0 unspecified atom stereocenters. The van der Waals surface area contributed by atoms with Crippen LogP contribution in [-0.4, -0.2) is 87.5 Å². The molecule has 1 atom stereocenters. The van der Waals surface area contributed by atoms with Crippen LogP contribution in [0.2, 0.25) is 0 Å². The molecule has 232 valence electrons. The molecule has 4 aromatic rings. The van der Waals surface area contributed by atoms with Crippen molar-refractivity contribution in [1.82, 2.24) is 29.5 Å². The fourth-order valence-electron chi connectivity index (χ4n) is 6.23. The number of ether oxygens (including phenoxy) is 3. The fourth-order valence-corrected chi connectivity index (χ4v) is 6.23. The summed E-state index contributed by atoms with van der Waals surface area (Å²) in [5, 5.41) is 8.55. The maximum Gasteiger partial charge on any atom is 0.255 e. The number of nitrogens with one attached hydrogen (secondary N) is 1. The molecule has 45 heavy (non-hydrogen) atoms. The molecule has 0 bridgehead atoms. The topological polar surface area (TPSA) is 150 Å². The van der Waals surface area contributed by atoms with Gasteiger partial charge in [-0.1, -0.05) is 18.7 Å². The highest BCUT2D eigenvalue weighted by Gasteiger charge is 2.31. The predicted octanol–water partition coefficient (Wildman–Crippen LogP) is 3.24. The van der Waals surface area contributed by atoms with E-state index in [0.29, 0.717) is 58.1 Å². The number of nitrogen functional groups attached to an aromatic ring is 1. The van der Waals surface area contributed by atoms with Gasteiger partial charge in [-0.3, -0.25) is 14.5 Å². The van der Waals surface area contributed by atoms with Gasteiger partial charge in [0.2, 0.25) is 12.7 Å². The van der Waals surface area contributed by atoms with Crippen molar-refractivity contribution < 1.29 is 23.8 Å². The number of piperidine rings is 1. The Kier molecular flexibility index (Phi) is 7.78. The minimum Gasteiger partial charge on any atom is -0.453 e. The van der Waals surface area contributed by atoms with Crippen LogP contribution in [0.15, 0.2) is 55.4 Å². The van der Waals surface area contributed by atoms with Gasteiger partial charge in [-0.05, 0) is 48.7 Å². The van der Waals surface area contributed by atoms with E-state index < -0.39 is 0 Å². The first-order valence-electron chi connectivity index (χ1n) is 15.0. The number of anilines is 2.